The first-order chi connectivity index (χ1) is 19.7. The van der Waals surface area contributed by atoms with Gasteiger partial charge in [-0.05, 0) is 132 Å². The van der Waals surface area contributed by atoms with Crippen LogP contribution in [0.4, 0.5) is 11.5 Å². The molecule has 4 N–H and O–H groups in total. The zero-order valence-corrected chi connectivity index (χ0v) is 28.9. The lowest BCUT2D eigenvalue weighted by Crippen LogP contribution is -2.39. The van der Waals surface area contributed by atoms with E-state index in [1.54, 1.807) is 0 Å². The maximum Gasteiger partial charge on any atom is 0.303 e. The summed E-state index contributed by atoms with van der Waals surface area (Å²) in [5.74, 6) is 0.627. The lowest BCUT2D eigenvalue weighted by molar-refractivity contribution is -0.137. The number of nitrogens with zero attached hydrogens (tertiary/aromatic N) is 2. The average Bonchev–Trinajstić information content (AvgIpc) is 3.37. The summed E-state index contributed by atoms with van der Waals surface area (Å²) in [6.07, 6.45) is 11.6. The standard InChI is InChI=1S/C24H29BrIN5S.C7H14O2/c1-3-5-15(2)31-12-10-16(11-13-31)17-14-27-20-8-9-21(29-23(17)20)30-24(32)28-19-7-4-6-18(26)22(19)25;1-2-3-4-5-6-7(8)9/h4,6-9,14-16,27H,3,5,10-13H2,1-2H3,(H2,28,29,30,32);2-6H2,1H3,(H,8,9). The molecule has 224 valence electrons. The van der Waals surface area contributed by atoms with Gasteiger partial charge in [0.25, 0.3) is 0 Å². The first-order valence-corrected chi connectivity index (χ1v) is 17.0. The zero-order chi connectivity index (χ0) is 29.8. The van der Waals surface area contributed by atoms with E-state index in [1.165, 1.54) is 37.7 Å². The van der Waals surface area contributed by atoms with E-state index in [1.807, 2.05) is 24.3 Å². The van der Waals surface area contributed by atoms with Crippen LogP contribution in [-0.4, -0.2) is 50.2 Å². The molecule has 0 aliphatic carbocycles. The highest BCUT2D eigenvalue weighted by Gasteiger charge is 2.25. The van der Waals surface area contributed by atoms with Gasteiger partial charge in [0.1, 0.15) is 5.82 Å². The van der Waals surface area contributed by atoms with Crippen LogP contribution in [0.25, 0.3) is 11.0 Å². The maximum absolute atomic E-state index is 9.96. The molecule has 1 atom stereocenters. The Hall–Kier alpha value is -1.76. The molecule has 1 unspecified atom stereocenters. The number of benzene rings is 1. The zero-order valence-electron chi connectivity index (χ0n) is 24.3. The van der Waals surface area contributed by atoms with Crippen LogP contribution in [0.15, 0.2) is 41.0 Å². The molecule has 0 saturated carbocycles. The van der Waals surface area contributed by atoms with Crippen LogP contribution in [0.5, 0.6) is 0 Å². The van der Waals surface area contributed by atoms with Gasteiger partial charge in [-0.1, -0.05) is 45.6 Å². The summed E-state index contributed by atoms with van der Waals surface area (Å²) < 4.78 is 2.13. The van der Waals surface area contributed by atoms with Gasteiger partial charge in [-0.15, -0.1) is 0 Å². The SMILES string of the molecule is CCCC(C)N1CCC(c2c[nH]c3ccc(NC(=S)Nc4cccc(I)c4Br)nc23)CC1.CCCCCCC(=O)O. The van der Waals surface area contributed by atoms with Crippen LogP contribution in [0.3, 0.4) is 0 Å². The van der Waals surface area contributed by atoms with E-state index in [0.29, 0.717) is 23.5 Å². The van der Waals surface area contributed by atoms with Gasteiger partial charge in [0.2, 0.25) is 0 Å². The molecular formula is C31H43BrIN5O2S. The van der Waals surface area contributed by atoms with Gasteiger partial charge >= 0.3 is 5.97 Å². The Morgan fingerprint density at radius 1 is 1.17 bits per heavy atom. The smallest absolute Gasteiger partial charge is 0.303 e. The fourth-order valence-electron chi connectivity index (χ4n) is 5.23. The van der Waals surface area contributed by atoms with E-state index in [9.17, 15) is 4.79 Å². The van der Waals surface area contributed by atoms with Crippen molar-refractivity contribution in [2.75, 3.05) is 23.7 Å². The quantitative estimate of drug-likeness (QED) is 0.0882. The molecule has 0 spiro atoms. The van der Waals surface area contributed by atoms with Crippen molar-refractivity contribution in [2.45, 2.75) is 90.5 Å². The van der Waals surface area contributed by atoms with Gasteiger partial charge in [-0.25, -0.2) is 4.98 Å². The summed E-state index contributed by atoms with van der Waals surface area (Å²) >= 11 is 11.5. The molecule has 3 aromatic rings. The van der Waals surface area contributed by atoms with E-state index < -0.39 is 5.97 Å². The number of aromatic amines is 1. The Morgan fingerprint density at radius 2 is 1.93 bits per heavy atom. The summed E-state index contributed by atoms with van der Waals surface area (Å²) in [5, 5.41) is 15.2. The van der Waals surface area contributed by atoms with E-state index in [-0.39, 0.29) is 0 Å². The Bertz CT molecular complexity index is 1280. The number of unbranched alkanes of at least 4 members (excludes halogenated alkanes) is 3. The number of halogens is 2. The maximum atomic E-state index is 9.96. The van der Waals surface area contributed by atoms with E-state index in [2.05, 4.69) is 92.1 Å². The summed E-state index contributed by atoms with van der Waals surface area (Å²) in [6, 6.07) is 10.8. The number of hydrogen-bond acceptors (Lipinski definition) is 4. The second-order valence-corrected chi connectivity index (χ2v) is 13.0. The molecule has 3 heterocycles. The van der Waals surface area contributed by atoms with E-state index in [0.717, 1.165) is 62.9 Å². The topological polar surface area (TPSA) is 93.3 Å². The number of carbonyl (C=O) groups is 1. The Kier molecular flexibility index (Phi) is 14.3. The molecule has 1 aromatic carbocycles. The Balaban J connectivity index is 0.000000445. The van der Waals surface area contributed by atoms with Crippen molar-refractivity contribution in [1.29, 1.82) is 0 Å². The highest BCUT2D eigenvalue weighted by atomic mass is 127. The van der Waals surface area contributed by atoms with Crippen molar-refractivity contribution in [3.63, 3.8) is 0 Å². The first kappa shape index (κ1) is 33.7. The predicted molar refractivity (Wildman–Crippen MR) is 187 cm³/mol. The van der Waals surface area contributed by atoms with Crippen LogP contribution in [0.1, 0.15) is 90.0 Å². The number of piperidine rings is 1. The number of aliphatic carboxylic acids is 1. The number of hydrogen-bond donors (Lipinski definition) is 4. The van der Waals surface area contributed by atoms with Gasteiger partial charge < -0.3 is 25.6 Å². The van der Waals surface area contributed by atoms with Gasteiger partial charge in [0, 0.05) is 22.2 Å². The molecule has 10 heteroatoms. The van der Waals surface area contributed by atoms with E-state index >= 15 is 0 Å². The van der Waals surface area contributed by atoms with Crippen molar-refractivity contribution in [3.05, 3.63) is 50.1 Å². The van der Waals surface area contributed by atoms with Crippen molar-refractivity contribution in [2.24, 2.45) is 0 Å². The van der Waals surface area contributed by atoms with Crippen molar-refractivity contribution < 1.29 is 9.90 Å². The third kappa shape index (κ3) is 10.5. The second kappa shape index (κ2) is 17.4. The number of aromatic nitrogens is 2. The molecule has 0 amide bonds. The van der Waals surface area contributed by atoms with Gasteiger partial charge in [0.15, 0.2) is 5.11 Å². The molecular weight excluding hydrogens is 713 g/mol. The molecule has 41 heavy (non-hydrogen) atoms. The lowest BCUT2D eigenvalue weighted by Gasteiger charge is -2.36. The first-order valence-electron chi connectivity index (χ1n) is 14.7. The number of fused-ring (bicyclic) bond motifs is 1. The van der Waals surface area contributed by atoms with Gasteiger partial charge in [-0.2, -0.15) is 0 Å². The number of pyridine rings is 1. The third-order valence-corrected chi connectivity index (χ3v) is 10.2. The number of rotatable bonds is 11. The summed E-state index contributed by atoms with van der Waals surface area (Å²) in [7, 11) is 0. The fraction of sp³-hybridized carbons (Fsp3) is 0.516. The molecule has 4 rings (SSSR count). The van der Waals surface area contributed by atoms with Gasteiger partial charge in [0.05, 0.1) is 21.2 Å². The van der Waals surface area contributed by atoms with Crippen molar-refractivity contribution >= 4 is 84.4 Å². The Morgan fingerprint density at radius 3 is 2.61 bits per heavy atom. The number of thiocarbonyl (C=S) groups is 1. The average molecular weight is 757 g/mol. The molecule has 1 fully saturated rings. The van der Waals surface area contributed by atoms with Crippen molar-refractivity contribution in [1.82, 2.24) is 14.9 Å². The van der Waals surface area contributed by atoms with Crippen LogP contribution < -0.4 is 10.6 Å². The molecule has 2 aromatic heterocycles. The van der Waals surface area contributed by atoms with Crippen LogP contribution in [0.2, 0.25) is 0 Å². The molecule has 0 bridgehead atoms. The van der Waals surface area contributed by atoms with Gasteiger partial charge in [-0.3, -0.25) is 4.79 Å². The second-order valence-electron chi connectivity index (χ2n) is 10.7. The fourth-order valence-corrected chi connectivity index (χ4v) is 6.30. The predicted octanol–water partition coefficient (Wildman–Crippen LogP) is 9.15. The summed E-state index contributed by atoms with van der Waals surface area (Å²) in [5.41, 5.74) is 4.38. The monoisotopic (exact) mass is 755 g/mol. The molecule has 1 aliphatic rings. The van der Waals surface area contributed by atoms with Crippen LogP contribution >= 0.6 is 50.7 Å². The van der Waals surface area contributed by atoms with Crippen molar-refractivity contribution in [3.8, 4) is 0 Å². The highest BCUT2D eigenvalue weighted by molar-refractivity contribution is 14.1. The summed E-state index contributed by atoms with van der Waals surface area (Å²) in [6.45, 7) is 9.07. The molecule has 0 radical (unpaired) electrons. The molecule has 7 nitrogen and oxygen atoms in total. The minimum absolute atomic E-state index is 0.333. The minimum Gasteiger partial charge on any atom is -0.481 e. The number of carboxylic acid groups (broad SMARTS) is 1. The largest absolute Gasteiger partial charge is 0.481 e. The van der Waals surface area contributed by atoms with Crippen LogP contribution in [-0.2, 0) is 4.79 Å². The molecule has 1 saturated heterocycles. The number of anilines is 2. The highest BCUT2D eigenvalue weighted by Crippen LogP contribution is 2.34. The van der Waals surface area contributed by atoms with E-state index in [4.69, 9.17) is 22.3 Å². The molecule has 1 aliphatic heterocycles. The number of nitrogens with one attached hydrogen (secondary N) is 3. The number of likely N-dealkylation sites (tertiary alicyclic amines) is 1. The number of carboxylic acids is 1. The lowest BCUT2D eigenvalue weighted by atomic mass is 9.89. The third-order valence-electron chi connectivity index (χ3n) is 7.54. The summed E-state index contributed by atoms with van der Waals surface area (Å²) in [4.78, 5) is 20.9. The Labute approximate surface area is 271 Å². The number of H-pyrrole nitrogens is 1. The minimum atomic E-state index is -0.675. The van der Waals surface area contributed by atoms with Crippen LogP contribution in [0, 0.1) is 3.57 Å². The normalized spacial score (nSPS) is 14.8.